The Morgan fingerprint density at radius 1 is 1.40 bits per heavy atom. The fourth-order valence-corrected chi connectivity index (χ4v) is 4.12. The zero-order chi connectivity index (χ0) is 18.2. The molecule has 1 N–H and O–H groups in total. The van der Waals surface area contributed by atoms with Gasteiger partial charge in [0.15, 0.2) is 0 Å². The second-order valence-electron chi connectivity index (χ2n) is 5.80. The van der Waals surface area contributed by atoms with Crippen molar-refractivity contribution in [3.63, 3.8) is 0 Å². The van der Waals surface area contributed by atoms with Gasteiger partial charge in [-0.2, -0.15) is 8.78 Å². The first-order chi connectivity index (χ1) is 11.8. The number of nitrogens with one attached hydrogen (secondary N) is 1. The lowest BCUT2D eigenvalue weighted by Gasteiger charge is -2.18. The summed E-state index contributed by atoms with van der Waals surface area (Å²) in [5.41, 5.74) is 0. The van der Waals surface area contributed by atoms with Crippen molar-refractivity contribution in [1.29, 1.82) is 0 Å². The van der Waals surface area contributed by atoms with Crippen LogP contribution in [-0.4, -0.2) is 24.6 Å². The van der Waals surface area contributed by atoms with Crippen LogP contribution < -0.4 is 9.46 Å². The number of alkyl halides is 2. The van der Waals surface area contributed by atoms with Crippen LogP contribution in [0.5, 0.6) is 5.75 Å². The molecule has 1 saturated carbocycles. The molecule has 1 aromatic carbocycles. The number of sulfonamides is 1. The lowest BCUT2D eigenvalue weighted by Crippen LogP contribution is -2.31. The van der Waals surface area contributed by atoms with Crippen molar-refractivity contribution in [2.75, 3.05) is 0 Å². The molecule has 1 aliphatic rings. The molecular weight excluding hydrogens is 376 g/mol. The number of benzene rings is 1. The molecule has 0 bridgehead atoms. The number of nitrogens with zero attached hydrogens (tertiary/aromatic N) is 2. The van der Waals surface area contributed by atoms with Crippen molar-refractivity contribution in [2.45, 2.75) is 30.4 Å². The molecule has 1 heterocycles. The Morgan fingerprint density at radius 2 is 2.12 bits per heavy atom. The number of ether oxygens (including phenoxy) is 1. The van der Waals surface area contributed by atoms with Crippen LogP contribution in [0.1, 0.15) is 24.7 Å². The van der Waals surface area contributed by atoms with Gasteiger partial charge in [-0.3, -0.25) is 0 Å². The Bertz CT molecular complexity index is 869. The molecule has 25 heavy (non-hydrogen) atoms. The minimum Gasteiger partial charge on any atom is -0.433 e. The van der Waals surface area contributed by atoms with Gasteiger partial charge in [-0.05, 0) is 37.0 Å². The highest BCUT2D eigenvalue weighted by Gasteiger charge is 2.37. The molecule has 1 unspecified atom stereocenters. The van der Waals surface area contributed by atoms with Crippen LogP contribution >= 0.6 is 11.6 Å². The van der Waals surface area contributed by atoms with E-state index >= 15 is 0 Å². The summed E-state index contributed by atoms with van der Waals surface area (Å²) in [4.78, 5) is 4.10. The number of rotatable bonds is 7. The van der Waals surface area contributed by atoms with E-state index in [-0.39, 0.29) is 21.6 Å². The summed E-state index contributed by atoms with van der Waals surface area (Å²) in [6.45, 7) is -3.04. The lowest BCUT2D eigenvalue weighted by molar-refractivity contribution is -0.0498. The first-order valence-corrected chi connectivity index (χ1v) is 9.38. The van der Waals surface area contributed by atoms with Crippen LogP contribution in [0, 0.1) is 5.92 Å². The second-order valence-corrected chi connectivity index (χ2v) is 7.92. The average molecular weight is 392 g/mol. The Balaban J connectivity index is 1.86. The van der Waals surface area contributed by atoms with Gasteiger partial charge in [0.2, 0.25) is 10.0 Å². The van der Waals surface area contributed by atoms with E-state index in [9.17, 15) is 17.2 Å². The van der Waals surface area contributed by atoms with E-state index in [0.29, 0.717) is 5.82 Å². The SMILES string of the molecule is Cn1ccnc1C(NS(=O)(=O)c1ccc(OC(F)F)c(Cl)c1)C1CC1. The van der Waals surface area contributed by atoms with E-state index in [1.54, 1.807) is 24.0 Å². The number of aromatic nitrogens is 2. The van der Waals surface area contributed by atoms with Crippen LogP contribution in [0.4, 0.5) is 8.78 Å². The molecule has 6 nitrogen and oxygen atoms in total. The fraction of sp³-hybridized carbons (Fsp3) is 0.400. The molecule has 0 spiro atoms. The van der Waals surface area contributed by atoms with Crippen LogP contribution in [0.3, 0.4) is 0 Å². The second kappa shape index (κ2) is 6.89. The third-order valence-electron chi connectivity index (χ3n) is 3.94. The standard InChI is InChI=1S/C15H16ClF2N3O3S/c1-21-7-6-19-14(21)13(9-2-3-9)20-25(22,23)10-4-5-12(11(16)8-10)24-15(17)18/h4-9,13,15,20H,2-3H2,1H3. The van der Waals surface area contributed by atoms with Gasteiger partial charge in [-0.25, -0.2) is 18.1 Å². The molecule has 0 saturated heterocycles. The molecule has 3 rings (SSSR count). The fourth-order valence-electron chi connectivity index (χ4n) is 2.54. The van der Waals surface area contributed by atoms with E-state index in [2.05, 4.69) is 14.4 Å². The van der Waals surface area contributed by atoms with Crippen molar-refractivity contribution in [2.24, 2.45) is 13.0 Å². The quantitative estimate of drug-likeness (QED) is 0.787. The first kappa shape index (κ1) is 18.1. The number of halogens is 3. The molecular formula is C15H16ClF2N3O3S. The topological polar surface area (TPSA) is 73.2 Å². The van der Waals surface area contributed by atoms with Crippen LogP contribution in [0.15, 0.2) is 35.5 Å². The van der Waals surface area contributed by atoms with Gasteiger partial charge in [0.05, 0.1) is 16.0 Å². The summed E-state index contributed by atoms with van der Waals surface area (Å²) in [6, 6.07) is 2.91. The monoisotopic (exact) mass is 391 g/mol. The van der Waals surface area contributed by atoms with Crippen molar-refractivity contribution in [3.05, 3.63) is 41.4 Å². The van der Waals surface area contributed by atoms with Gasteiger partial charge in [-0.15, -0.1) is 0 Å². The maximum absolute atomic E-state index is 12.7. The summed E-state index contributed by atoms with van der Waals surface area (Å²) >= 11 is 5.85. The number of imidazole rings is 1. The zero-order valence-corrected chi connectivity index (χ0v) is 14.8. The summed E-state index contributed by atoms with van der Waals surface area (Å²) in [5.74, 6) is 0.515. The van der Waals surface area contributed by atoms with Crippen molar-refractivity contribution in [3.8, 4) is 5.75 Å². The average Bonchev–Trinajstić information content (AvgIpc) is 3.28. The highest BCUT2D eigenvalue weighted by Crippen LogP contribution is 2.41. The highest BCUT2D eigenvalue weighted by molar-refractivity contribution is 7.89. The van der Waals surface area contributed by atoms with E-state index < -0.39 is 22.7 Å². The van der Waals surface area contributed by atoms with Crippen LogP contribution in [0.2, 0.25) is 5.02 Å². The molecule has 10 heteroatoms. The van der Waals surface area contributed by atoms with E-state index in [0.717, 1.165) is 25.0 Å². The van der Waals surface area contributed by atoms with Gasteiger partial charge >= 0.3 is 6.61 Å². The Kier molecular flexibility index (Phi) is 4.99. The molecule has 0 amide bonds. The molecule has 1 aliphatic carbocycles. The maximum atomic E-state index is 12.7. The number of hydrogen-bond acceptors (Lipinski definition) is 4. The van der Waals surface area contributed by atoms with E-state index in [1.807, 2.05) is 0 Å². The molecule has 1 aromatic heterocycles. The Hall–Kier alpha value is -1.71. The molecule has 2 aromatic rings. The van der Waals surface area contributed by atoms with Gasteiger partial charge < -0.3 is 9.30 Å². The summed E-state index contributed by atoms with van der Waals surface area (Å²) in [7, 11) is -2.11. The number of aryl methyl sites for hydroxylation is 1. The molecule has 0 radical (unpaired) electrons. The minimum absolute atomic E-state index is 0.126. The van der Waals surface area contributed by atoms with E-state index in [1.165, 1.54) is 6.07 Å². The van der Waals surface area contributed by atoms with Gasteiger partial charge in [0, 0.05) is 19.4 Å². The third-order valence-corrected chi connectivity index (χ3v) is 5.68. The minimum atomic E-state index is -3.91. The lowest BCUT2D eigenvalue weighted by atomic mass is 10.2. The largest absolute Gasteiger partial charge is 0.433 e. The van der Waals surface area contributed by atoms with Gasteiger partial charge in [0.25, 0.3) is 0 Å². The summed E-state index contributed by atoms with van der Waals surface area (Å²) in [5, 5.41) is -0.205. The van der Waals surface area contributed by atoms with Crippen LogP contribution in [-0.2, 0) is 17.1 Å². The normalized spacial score (nSPS) is 16.2. The third kappa shape index (κ3) is 4.10. The van der Waals surface area contributed by atoms with Crippen LogP contribution in [0.25, 0.3) is 0 Å². The van der Waals surface area contributed by atoms with E-state index in [4.69, 9.17) is 11.6 Å². The van der Waals surface area contributed by atoms with Gasteiger partial charge in [0.1, 0.15) is 11.6 Å². The Morgan fingerprint density at radius 3 is 2.64 bits per heavy atom. The first-order valence-electron chi connectivity index (χ1n) is 7.52. The Labute approximate surface area is 148 Å². The van der Waals surface area contributed by atoms with Gasteiger partial charge in [-0.1, -0.05) is 11.6 Å². The van der Waals surface area contributed by atoms with Crippen molar-refractivity contribution >= 4 is 21.6 Å². The predicted molar refractivity (Wildman–Crippen MR) is 87.1 cm³/mol. The summed E-state index contributed by atoms with van der Waals surface area (Å²) in [6.07, 6.45) is 5.16. The molecule has 0 aliphatic heterocycles. The predicted octanol–water partition coefficient (Wildman–Crippen LogP) is 3.10. The molecule has 1 fully saturated rings. The van der Waals surface area contributed by atoms with Crippen molar-refractivity contribution in [1.82, 2.24) is 14.3 Å². The maximum Gasteiger partial charge on any atom is 0.387 e. The smallest absolute Gasteiger partial charge is 0.387 e. The highest BCUT2D eigenvalue weighted by atomic mass is 35.5. The zero-order valence-electron chi connectivity index (χ0n) is 13.2. The molecule has 136 valence electrons. The summed E-state index contributed by atoms with van der Waals surface area (Å²) < 4.78 is 58.5. The van der Waals surface area contributed by atoms with Crippen molar-refractivity contribution < 1.29 is 21.9 Å². The molecule has 1 atom stereocenters. The number of hydrogen-bond donors (Lipinski definition) is 1.